The summed E-state index contributed by atoms with van der Waals surface area (Å²) in [5.41, 5.74) is 1.41. The fourth-order valence-corrected chi connectivity index (χ4v) is 7.36. The van der Waals surface area contributed by atoms with Crippen molar-refractivity contribution < 1.29 is 32.3 Å². The molecular formula is C34H46N6O7S. The number of benzene rings is 2. The molecule has 0 aromatic heterocycles. The molecule has 13 nitrogen and oxygen atoms in total. The number of hydrogen-bond donors (Lipinski definition) is 4. The summed E-state index contributed by atoms with van der Waals surface area (Å²) in [6, 6.07) is 16.2. The molecule has 2 aromatic rings. The van der Waals surface area contributed by atoms with Crippen LogP contribution < -0.4 is 15.4 Å². The molecule has 2 atom stereocenters. The normalized spacial score (nSPS) is 17.4. The van der Waals surface area contributed by atoms with Crippen molar-refractivity contribution in [3.8, 4) is 0 Å². The first kappa shape index (κ1) is 36.5. The lowest BCUT2D eigenvalue weighted by Gasteiger charge is -2.34. The average molecular weight is 683 g/mol. The van der Waals surface area contributed by atoms with E-state index < -0.39 is 34.0 Å². The van der Waals surface area contributed by atoms with Crippen LogP contribution in [0.2, 0.25) is 0 Å². The average Bonchev–Trinajstić information content (AvgIpc) is 3.56. The molecule has 0 bridgehead atoms. The van der Waals surface area contributed by atoms with E-state index in [1.165, 1.54) is 11.8 Å². The van der Waals surface area contributed by atoms with Crippen LogP contribution in [0.15, 0.2) is 60.7 Å². The van der Waals surface area contributed by atoms with Gasteiger partial charge in [0, 0.05) is 39.5 Å². The smallest absolute Gasteiger partial charge is 0.302 e. The Morgan fingerprint density at radius 3 is 2.23 bits per heavy atom. The molecule has 0 radical (unpaired) electrons. The molecule has 2 aliphatic rings. The van der Waals surface area contributed by atoms with Gasteiger partial charge in [-0.05, 0) is 55.6 Å². The summed E-state index contributed by atoms with van der Waals surface area (Å²) >= 11 is 0. The maximum atomic E-state index is 13.9. The number of ether oxygens (including phenoxy) is 1. The zero-order valence-electron chi connectivity index (χ0n) is 27.4. The van der Waals surface area contributed by atoms with Gasteiger partial charge in [-0.1, -0.05) is 60.7 Å². The van der Waals surface area contributed by atoms with Gasteiger partial charge >= 0.3 is 5.97 Å². The number of nitrogens with zero attached hydrogens (tertiary/aromatic N) is 2. The quantitative estimate of drug-likeness (QED) is 0.101. The van der Waals surface area contributed by atoms with Gasteiger partial charge in [0.1, 0.15) is 12.1 Å². The van der Waals surface area contributed by atoms with Crippen LogP contribution in [0.25, 0.3) is 0 Å². The number of hydrogen-bond acceptors (Lipinski definition) is 8. The molecule has 2 aromatic carbocycles. The lowest BCUT2D eigenvalue weighted by Crippen LogP contribution is -2.54. The third-order valence-corrected chi connectivity index (χ3v) is 9.90. The zero-order chi connectivity index (χ0) is 34.5. The number of piperidine rings is 1. The monoisotopic (exact) mass is 682 g/mol. The first-order valence-corrected chi connectivity index (χ1v) is 18.1. The van der Waals surface area contributed by atoms with E-state index >= 15 is 0 Å². The molecule has 48 heavy (non-hydrogen) atoms. The second kappa shape index (κ2) is 17.7. The van der Waals surface area contributed by atoms with Gasteiger partial charge in [0.15, 0.2) is 5.96 Å². The molecule has 260 valence electrons. The number of sulfonamides is 1. The fraction of sp³-hybridized carbons (Fsp3) is 0.500. The summed E-state index contributed by atoms with van der Waals surface area (Å²) in [5, 5.41) is 13.8. The van der Waals surface area contributed by atoms with E-state index in [-0.39, 0.29) is 48.9 Å². The summed E-state index contributed by atoms with van der Waals surface area (Å²) in [6.45, 7) is 3.33. The van der Waals surface area contributed by atoms with Crippen LogP contribution in [0.1, 0.15) is 56.6 Å². The lowest BCUT2D eigenvalue weighted by atomic mass is 9.96. The molecule has 14 heteroatoms. The molecule has 0 unspecified atom stereocenters. The molecule has 4 rings (SSSR count). The van der Waals surface area contributed by atoms with Gasteiger partial charge in [0.05, 0.1) is 12.4 Å². The van der Waals surface area contributed by atoms with Gasteiger partial charge in [-0.3, -0.25) is 29.9 Å². The minimum Gasteiger partial charge on any atom is -0.466 e. The van der Waals surface area contributed by atoms with E-state index in [0.717, 1.165) is 5.56 Å². The first-order chi connectivity index (χ1) is 23.0. The predicted molar refractivity (Wildman–Crippen MR) is 180 cm³/mol. The van der Waals surface area contributed by atoms with Crippen LogP contribution >= 0.6 is 0 Å². The first-order valence-electron chi connectivity index (χ1n) is 16.4. The molecule has 2 fully saturated rings. The minimum atomic E-state index is -3.87. The third kappa shape index (κ3) is 11.4. The second-order valence-electron chi connectivity index (χ2n) is 12.3. The van der Waals surface area contributed by atoms with Gasteiger partial charge in [-0.2, -0.15) is 0 Å². The van der Waals surface area contributed by atoms with Crippen molar-refractivity contribution in [1.82, 2.24) is 25.2 Å². The Bertz CT molecular complexity index is 1510. The van der Waals surface area contributed by atoms with E-state index in [1.54, 1.807) is 35.2 Å². The minimum absolute atomic E-state index is 0.0273. The summed E-state index contributed by atoms with van der Waals surface area (Å²) in [4.78, 5) is 53.6. The van der Waals surface area contributed by atoms with Crippen molar-refractivity contribution in [2.45, 2.75) is 69.7 Å². The van der Waals surface area contributed by atoms with Gasteiger partial charge < -0.3 is 19.9 Å². The Labute approximate surface area is 282 Å². The van der Waals surface area contributed by atoms with Crippen molar-refractivity contribution in [3.63, 3.8) is 0 Å². The Morgan fingerprint density at radius 2 is 1.58 bits per heavy atom. The highest BCUT2D eigenvalue weighted by molar-refractivity contribution is 7.88. The lowest BCUT2D eigenvalue weighted by molar-refractivity contribution is -0.141. The molecule has 0 aliphatic carbocycles. The van der Waals surface area contributed by atoms with Gasteiger partial charge in [0.25, 0.3) is 0 Å². The Kier molecular flexibility index (Phi) is 13.5. The molecule has 2 saturated heterocycles. The zero-order valence-corrected chi connectivity index (χ0v) is 28.2. The number of guanidine groups is 1. The van der Waals surface area contributed by atoms with Crippen molar-refractivity contribution in [2.75, 3.05) is 32.8 Å². The van der Waals surface area contributed by atoms with Crippen molar-refractivity contribution in [1.29, 1.82) is 5.41 Å². The highest BCUT2D eigenvalue weighted by Crippen LogP contribution is 2.22. The fourth-order valence-electron chi connectivity index (χ4n) is 6.03. The van der Waals surface area contributed by atoms with Gasteiger partial charge in [0.2, 0.25) is 27.7 Å². The van der Waals surface area contributed by atoms with E-state index in [1.807, 2.05) is 30.3 Å². The van der Waals surface area contributed by atoms with Gasteiger partial charge in [-0.25, -0.2) is 13.1 Å². The number of carbonyl (C=O) groups is 4. The van der Waals surface area contributed by atoms with Crippen LogP contribution in [0.4, 0.5) is 0 Å². The topological polar surface area (TPSA) is 178 Å². The van der Waals surface area contributed by atoms with Crippen molar-refractivity contribution in [2.24, 2.45) is 5.92 Å². The van der Waals surface area contributed by atoms with Crippen LogP contribution in [0, 0.1) is 11.3 Å². The molecule has 0 spiro atoms. The SMILES string of the molecule is CC(=O)OCCCC(=O)NC(=N)N1CCC(CNC(=O)[C@@H]2CCCN2C(=O)[C@@H](Cc2ccccc2)NS(=O)(=O)Cc2ccccc2)CC1. The Hall–Kier alpha value is -4.30. The van der Waals surface area contributed by atoms with Crippen LogP contribution in [0.5, 0.6) is 0 Å². The van der Waals surface area contributed by atoms with Crippen molar-refractivity contribution >= 4 is 39.7 Å². The molecular weight excluding hydrogens is 636 g/mol. The van der Waals surface area contributed by atoms with E-state index in [0.29, 0.717) is 63.8 Å². The summed E-state index contributed by atoms with van der Waals surface area (Å²) in [7, 11) is -3.87. The highest BCUT2D eigenvalue weighted by Gasteiger charge is 2.38. The number of carbonyl (C=O) groups excluding carboxylic acids is 4. The number of likely N-dealkylation sites (tertiary alicyclic amines) is 2. The third-order valence-electron chi connectivity index (χ3n) is 8.55. The maximum Gasteiger partial charge on any atom is 0.302 e. The van der Waals surface area contributed by atoms with Crippen molar-refractivity contribution in [3.05, 3.63) is 71.8 Å². The van der Waals surface area contributed by atoms with E-state index in [4.69, 9.17) is 10.1 Å². The standard InChI is InChI=1S/C34H46N6O7S/c1-25(41)47-21-9-15-31(42)37-34(35)39-19-16-27(17-20-39)23-36-32(43)30-14-8-18-40(30)33(44)29(22-26-10-4-2-5-11-26)38-48(45,46)24-28-12-6-3-7-13-28/h2-7,10-13,27,29-30,38H,8-9,14-24H2,1H3,(H,36,43)(H2,35,37,42)/t29-,30+/m1/s1. The number of amides is 3. The summed E-state index contributed by atoms with van der Waals surface area (Å²) in [5.74, 6) is -1.47. The Balaban J connectivity index is 1.28. The maximum absolute atomic E-state index is 13.9. The predicted octanol–water partition coefficient (Wildman–Crippen LogP) is 1.93. The van der Waals surface area contributed by atoms with Crippen LogP contribution in [0.3, 0.4) is 0 Å². The van der Waals surface area contributed by atoms with E-state index in [9.17, 15) is 27.6 Å². The van der Waals surface area contributed by atoms with Crippen LogP contribution in [-0.2, 0) is 46.1 Å². The number of nitrogens with one attached hydrogen (secondary N) is 4. The molecule has 3 amide bonds. The summed E-state index contributed by atoms with van der Waals surface area (Å²) in [6.07, 6.45) is 3.22. The number of esters is 1. The van der Waals surface area contributed by atoms with Gasteiger partial charge in [-0.15, -0.1) is 0 Å². The molecule has 2 heterocycles. The largest absolute Gasteiger partial charge is 0.466 e. The highest BCUT2D eigenvalue weighted by atomic mass is 32.2. The second-order valence-corrected chi connectivity index (χ2v) is 14.1. The summed E-state index contributed by atoms with van der Waals surface area (Å²) < 4.78 is 33.8. The molecule has 0 saturated carbocycles. The molecule has 2 aliphatic heterocycles. The molecule has 4 N–H and O–H groups in total. The van der Waals surface area contributed by atoms with Crippen LogP contribution in [-0.4, -0.2) is 92.7 Å². The Morgan fingerprint density at radius 1 is 0.938 bits per heavy atom. The number of rotatable bonds is 14. The van der Waals surface area contributed by atoms with E-state index in [2.05, 4.69) is 15.4 Å².